The summed E-state index contributed by atoms with van der Waals surface area (Å²) < 4.78 is 31.5. The van der Waals surface area contributed by atoms with Crippen LogP contribution in [-0.2, 0) is 16.6 Å². The van der Waals surface area contributed by atoms with E-state index in [1.54, 1.807) is 44.2 Å². The van der Waals surface area contributed by atoms with Crippen LogP contribution in [0.4, 0.5) is 0 Å². The molecule has 0 aliphatic heterocycles. The van der Waals surface area contributed by atoms with Crippen LogP contribution in [0.1, 0.15) is 17.0 Å². The summed E-state index contributed by atoms with van der Waals surface area (Å²) in [5.74, 6) is 0.653. The van der Waals surface area contributed by atoms with Crippen molar-refractivity contribution in [2.24, 2.45) is 0 Å². The van der Waals surface area contributed by atoms with Crippen molar-refractivity contribution in [1.82, 2.24) is 9.88 Å². The van der Waals surface area contributed by atoms with E-state index < -0.39 is 10.0 Å². The number of aryl methyl sites for hydroxylation is 2. The lowest BCUT2D eigenvalue weighted by molar-refractivity contribution is 0.390. The molecule has 5 nitrogen and oxygen atoms in total. The zero-order chi connectivity index (χ0) is 13.2. The van der Waals surface area contributed by atoms with E-state index in [1.165, 1.54) is 0 Å². The van der Waals surface area contributed by atoms with E-state index >= 15 is 0 Å². The number of nitrogens with one attached hydrogen (secondary N) is 1. The molecule has 18 heavy (non-hydrogen) atoms. The summed E-state index contributed by atoms with van der Waals surface area (Å²) in [6.45, 7) is 3.63. The summed E-state index contributed by atoms with van der Waals surface area (Å²) in [5, 5.41) is 3.73. The van der Waals surface area contributed by atoms with E-state index in [0.717, 1.165) is 0 Å². The van der Waals surface area contributed by atoms with Crippen LogP contribution in [0, 0.1) is 13.8 Å². The zero-order valence-electron chi connectivity index (χ0n) is 10.2. The van der Waals surface area contributed by atoms with Gasteiger partial charge in [0, 0.05) is 6.07 Å². The minimum absolute atomic E-state index is 0.119. The molecule has 0 aliphatic rings. The van der Waals surface area contributed by atoms with Crippen LogP contribution in [0.15, 0.2) is 39.8 Å². The highest BCUT2D eigenvalue weighted by Gasteiger charge is 2.16. The summed E-state index contributed by atoms with van der Waals surface area (Å²) in [6.07, 6.45) is 0. The molecule has 0 saturated heterocycles. The molecule has 0 unspecified atom stereocenters. The Morgan fingerprint density at radius 2 is 2.00 bits per heavy atom. The first-order chi connectivity index (χ1) is 8.49. The van der Waals surface area contributed by atoms with Gasteiger partial charge in [-0.2, -0.15) is 0 Å². The van der Waals surface area contributed by atoms with Gasteiger partial charge in [0.2, 0.25) is 10.0 Å². The van der Waals surface area contributed by atoms with Crippen molar-refractivity contribution in [3.63, 3.8) is 0 Å². The summed E-state index contributed by atoms with van der Waals surface area (Å²) in [5.41, 5.74) is 1.27. The summed E-state index contributed by atoms with van der Waals surface area (Å²) >= 11 is 0. The van der Waals surface area contributed by atoms with Crippen molar-refractivity contribution in [1.29, 1.82) is 0 Å². The van der Waals surface area contributed by atoms with Gasteiger partial charge in [-0.15, -0.1) is 0 Å². The smallest absolute Gasteiger partial charge is 0.241 e. The average Bonchev–Trinajstić information content (AvgIpc) is 2.73. The van der Waals surface area contributed by atoms with Gasteiger partial charge >= 0.3 is 0 Å². The van der Waals surface area contributed by atoms with E-state index in [2.05, 4.69) is 9.88 Å². The Balaban J connectivity index is 2.16. The molecular formula is C12H14N2O3S. The topological polar surface area (TPSA) is 72.2 Å². The maximum absolute atomic E-state index is 12.1. The second-order valence-corrected chi connectivity index (χ2v) is 5.75. The van der Waals surface area contributed by atoms with Crippen LogP contribution >= 0.6 is 0 Å². The lowest BCUT2D eigenvalue weighted by Gasteiger charge is -2.07. The van der Waals surface area contributed by atoms with E-state index in [4.69, 9.17) is 4.52 Å². The van der Waals surface area contributed by atoms with Crippen LogP contribution in [0.5, 0.6) is 0 Å². The maximum atomic E-state index is 12.1. The largest absolute Gasteiger partial charge is 0.361 e. The predicted molar refractivity (Wildman–Crippen MR) is 66.4 cm³/mol. The monoisotopic (exact) mass is 266 g/mol. The first-order valence-corrected chi connectivity index (χ1v) is 6.95. The molecule has 2 aromatic rings. The fraction of sp³-hybridized carbons (Fsp3) is 0.250. The maximum Gasteiger partial charge on any atom is 0.241 e. The minimum atomic E-state index is -3.51. The third kappa shape index (κ3) is 2.77. The van der Waals surface area contributed by atoms with Gasteiger partial charge in [-0.1, -0.05) is 23.4 Å². The molecule has 6 heteroatoms. The SMILES string of the molecule is Cc1cc(CNS(=O)(=O)c2ccccc2C)no1. The molecule has 0 bridgehead atoms. The first kappa shape index (κ1) is 12.8. The van der Waals surface area contributed by atoms with Gasteiger partial charge < -0.3 is 4.52 Å². The molecule has 0 saturated carbocycles. The average molecular weight is 266 g/mol. The van der Waals surface area contributed by atoms with Crippen molar-refractivity contribution < 1.29 is 12.9 Å². The second-order valence-electron chi connectivity index (χ2n) is 4.02. The van der Waals surface area contributed by atoms with Crippen LogP contribution in [-0.4, -0.2) is 13.6 Å². The van der Waals surface area contributed by atoms with E-state index in [-0.39, 0.29) is 11.4 Å². The van der Waals surface area contributed by atoms with Crippen LogP contribution in [0.3, 0.4) is 0 Å². The molecule has 0 fully saturated rings. The lowest BCUT2D eigenvalue weighted by atomic mass is 10.2. The van der Waals surface area contributed by atoms with Crippen molar-refractivity contribution in [3.05, 3.63) is 47.3 Å². The summed E-state index contributed by atoms with van der Waals surface area (Å²) in [6, 6.07) is 8.53. The van der Waals surface area contributed by atoms with Crippen LogP contribution in [0.2, 0.25) is 0 Å². The summed E-state index contributed by atoms with van der Waals surface area (Å²) in [7, 11) is -3.51. The Morgan fingerprint density at radius 1 is 1.28 bits per heavy atom. The molecule has 1 heterocycles. The van der Waals surface area contributed by atoms with Gasteiger partial charge in [0.1, 0.15) is 5.76 Å². The van der Waals surface area contributed by atoms with Crippen LogP contribution < -0.4 is 4.72 Å². The molecule has 2 rings (SSSR count). The number of benzene rings is 1. The molecule has 1 aromatic heterocycles. The molecule has 0 atom stereocenters. The van der Waals surface area contributed by atoms with Gasteiger partial charge in [-0.3, -0.25) is 0 Å². The third-order valence-electron chi connectivity index (χ3n) is 2.50. The van der Waals surface area contributed by atoms with Crippen molar-refractivity contribution >= 4 is 10.0 Å². The Hall–Kier alpha value is -1.66. The zero-order valence-corrected chi connectivity index (χ0v) is 11.0. The number of sulfonamides is 1. The standard InChI is InChI=1S/C12H14N2O3S/c1-9-5-3-4-6-12(9)18(15,16)13-8-11-7-10(2)17-14-11/h3-7,13H,8H2,1-2H3. The fourth-order valence-corrected chi connectivity index (χ4v) is 2.85. The Bertz CT molecular complexity index is 647. The number of hydrogen-bond acceptors (Lipinski definition) is 4. The molecule has 0 aliphatic carbocycles. The molecular weight excluding hydrogens is 252 g/mol. The Labute approximate surface area is 106 Å². The Kier molecular flexibility index (Phi) is 3.49. The number of nitrogens with zero attached hydrogens (tertiary/aromatic N) is 1. The van der Waals surface area contributed by atoms with E-state index in [0.29, 0.717) is 17.0 Å². The minimum Gasteiger partial charge on any atom is -0.361 e. The second kappa shape index (κ2) is 4.91. The first-order valence-electron chi connectivity index (χ1n) is 5.46. The third-order valence-corrected chi connectivity index (χ3v) is 4.06. The normalized spacial score (nSPS) is 11.7. The van der Waals surface area contributed by atoms with E-state index in [1.807, 2.05) is 0 Å². The van der Waals surface area contributed by atoms with Gasteiger partial charge in [-0.25, -0.2) is 13.1 Å². The number of rotatable bonds is 4. The Morgan fingerprint density at radius 3 is 2.61 bits per heavy atom. The van der Waals surface area contributed by atoms with Gasteiger partial charge in [0.25, 0.3) is 0 Å². The quantitative estimate of drug-likeness (QED) is 0.915. The van der Waals surface area contributed by atoms with Gasteiger partial charge in [0.05, 0.1) is 17.1 Å². The predicted octanol–water partition coefficient (Wildman–Crippen LogP) is 1.77. The highest BCUT2D eigenvalue weighted by atomic mass is 32.2. The van der Waals surface area contributed by atoms with Crippen LogP contribution in [0.25, 0.3) is 0 Å². The van der Waals surface area contributed by atoms with Crippen molar-refractivity contribution in [2.45, 2.75) is 25.3 Å². The lowest BCUT2D eigenvalue weighted by Crippen LogP contribution is -2.24. The molecule has 1 N–H and O–H groups in total. The highest BCUT2D eigenvalue weighted by Crippen LogP contribution is 2.14. The molecule has 1 aromatic carbocycles. The molecule has 0 radical (unpaired) electrons. The van der Waals surface area contributed by atoms with E-state index in [9.17, 15) is 8.42 Å². The summed E-state index contributed by atoms with van der Waals surface area (Å²) in [4.78, 5) is 0.283. The molecule has 96 valence electrons. The van der Waals surface area contributed by atoms with Crippen molar-refractivity contribution in [2.75, 3.05) is 0 Å². The fourth-order valence-electron chi connectivity index (χ4n) is 1.61. The van der Waals surface area contributed by atoms with Crippen molar-refractivity contribution in [3.8, 4) is 0 Å². The number of aromatic nitrogens is 1. The molecule has 0 amide bonds. The van der Waals surface area contributed by atoms with Gasteiger partial charge in [-0.05, 0) is 25.5 Å². The highest BCUT2D eigenvalue weighted by molar-refractivity contribution is 7.89. The van der Waals surface area contributed by atoms with Gasteiger partial charge in [0.15, 0.2) is 0 Å². The molecule has 0 spiro atoms. The number of hydrogen-bond donors (Lipinski definition) is 1.